The fourth-order valence-electron chi connectivity index (χ4n) is 1.13. The van der Waals surface area contributed by atoms with Crippen LogP contribution < -0.4 is 0 Å². The highest BCUT2D eigenvalue weighted by Crippen LogP contribution is 2.30. The summed E-state index contributed by atoms with van der Waals surface area (Å²) < 4.78 is 0. The molecule has 0 radical (unpaired) electrons. The van der Waals surface area contributed by atoms with Crippen LogP contribution in [0.15, 0.2) is 23.8 Å². The molecule has 0 aromatic rings. The highest BCUT2D eigenvalue weighted by Gasteiger charge is 2.21. The van der Waals surface area contributed by atoms with Gasteiger partial charge in [-0.3, -0.25) is 4.79 Å². The Labute approximate surface area is 71.7 Å². The lowest BCUT2D eigenvalue weighted by Gasteiger charge is -2.23. The summed E-state index contributed by atoms with van der Waals surface area (Å²) in [7, 11) is 0. The minimum atomic E-state index is -0.00431. The molecule has 0 bridgehead atoms. The molecular formula is C9H11ClO. The average Bonchev–Trinajstić information content (AvgIpc) is 1.97. The van der Waals surface area contributed by atoms with Gasteiger partial charge in [-0.05, 0) is 12.5 Å². The number of carbonyl (C=O) groups excluding carboxylic acids is 1. The zero-order valence-corrected chi connectivity index (χ0v) is 7.27. The lowest BCUT2D eigenvalue weighted by Crippen LogP contribution is -2.16. The number of halogens is 1. The maximum absolute atomic E-state index is 10.8. The second-order valence-corrected chi connectivity index (χ2v) is 3.35. The summed E-state index contributed by atoms with van der Waals surface area (Å²) in [5, 5.41) is 0. The van der Waals surface area contributed by atoms with Gasteiger partial charge in [0, 0.05) is 17.4 Å². The highest BCUT2D eigenvalue weighted by molar-refractivity contribution is 6.25. The van der Waals surface area contributed by atoms with Gasteiger partial charge in [0.2, 0.25) is 0 Å². The van der Waals surface area contributed by atoms with Crippen LogP contribution in [0, 0.1) is 5.41 Å². The van der Waals surface area contributed by atoms with Crippen LogP contribution in [-0.2, 0) is 4.79 Å². The van der Waals surface area contributed by atoms with E-state index < -0.39 is 0 Å². The van der Waals surface area contributed by atoms with E-state index in [2.05, 4.69) is 6.92 Å². The first-order valence-electron chi connectivity index (χ1n) is 3.66. The first-order chi connectivity index (χ1) is 5.16. The molecule has 0 aromatic heterocycles. The molecule has 0 N–H and O–H groups in total. The quantitative estimate of drug-likeness (QED) is 0.592. The molecule has 11 heavy (non-hydrogen) atoms. The molecule has 0 aromatic carbocycles. The summed E-state index contributed by atoms with van der Waals surface area (Å²) in [5.41, 5.74) is 1.51. The van der Waals surface area contributed by atoms with Crippen molar-refractivity contribution < 1.29 is 4.79 Å². The summed E-state index contributed by atoms with van der Waals surface area (Å²) in [4.78, 5) is 10.8. The van der Waals surface area contributed by atoms with E-state index >= 15 is 0 Å². The summed E-state index contributed by atoms with van der Waals surface area (Å²) in [6, 6.07) is 0. The zero-order valence-electron chi connectivity index (χ0n) is 6.51. The van der Waals surface area contributed by atoms with Crippen LogP contribution in [-0.4, -0.2) is 5.78 Å². The van der Waals surface area contributed by atoms with Gasteiger partial charge >= 0.3 is 0 Å². The van der Waals surface area contributed by atoms with Crippen LogP contribution in [0.5, 0.6) is 0 Å². The third-order valence-electron chi connectivity index (χ3n) is 2.00. The molecule has 60 valence electrons. The second kappa shape index (κ2) is 3.22. The fourth-order valence-corrected chi connectivity index (χ4v) is 1.41. The molecule has 1 aliphatic carbocycles. The van der Waals surface area contributed by atoms with Crippen molar-refractivity contribution in [3.63, 3.8) is 0 Å². The Hall–Kier alpha value is -0.560. The van der Waals surface area contributed by atoms with Gasteiger partial charge in [-0.1, -0.05) is 30.7 Å². The summed E-state index contributed by atoms with van der Waals surface area (Å²) in [6.45, 7) is 2.06. The van der Waals surface area contributed by atoms with E-state index in [0.717, 1.165) is 6.42 Å². The van der Waals surface area contributed by atoms with Crippen molar-refractivity contribution in [1.29, 1.82) is 0 Å². The molecule has 1 atom stereocenters. The minimum absolute atomic E-state index is 0.00431. The van der Waals surface area contributed by atoms with Gasteiger partial charge < -0.3 is 0 Å². The Balaban J connectivity index is 2.75. The van der Waals surface area contributed by atoms with Crippen molar-refractivity contribution in [1.82, 2.24) is 0 Å². The predicted molar refractivity (Wildman–Crippen MR) is 46.5 cm³/mol. The second-order valence-electron chi connectivity index (χ2n) is 3.10. The van der Waals surface area contributed by atoms with E-state index in [1.165, 1.54) is 5.54 Å². The van der Waals surface area contributed by atoms with Gasteiger partial charge in [0.1, 0.15) is 0 Å². The van der Waals surface area contributed by atoms with Crippen LogP contribution in [0.3, 0.4) is 0 Å². The maximum Gasteiger partial charge on any atom is 0.155 e. The molecule has 0 spiro atoms. The molecule has 1 aliphatic rings. The molecule has 0 saturated carbocycles. The molecule has 2 heteroatoms. The Kier molecular flexibility index (Phi) is 2.50. The Bertz CT molecular complexity index is 218. The SMILES string of the molecule is CC1(/C=C/Cl)C=CC(=O)CC1. The van der Waals surface area contributed by atoms with E-state index in [9.17, 15) is 4.79 Å². The van der Waals surface area contributed by atoms with E-state index in [4.69, 9.17) is 11.6 Å². The van der Waals surface area contributed by atoms with Crippen molar-refractivity contribution in [2.45, 2.75) is 19.8 Å². The molecule has 0 heterocycles. The number of carbonyl (C=O) groups is 1. The topological polar surface area (TPSA) is 17.1 Å². The highest BCUT2D eigenvalue weighted by atomic mass is 35.5. The van der Waals surface area contributed by atoms with Crippen LogP contribution in [0.2, 0.25) is 0 Å². The fraction of sp³-hybridized carbons (Fsp3) is 0.444. The smallest absolute Gasteiger partial charge is 0.155 e. The lowest BCUT2D eigenvalue weighted by atomic mass is 9.81. The maximum atomic E-state index is 10.8. The number of rotatable bonds is 1. The summed E-state index contributed by atoms with van der Waals surface area (Å²) in [6.07, 6.45) is 6.97. The number of hydrogen-bond acceptors (Lipinski definition) is 1. The Morgan fingerprint density at radius 2 is 2.45 bits per heavy atom. The first kappa shape index (κ1) is 8.54. The van der Waals surface area contributed by atoms with Gasteiger partial charge in [0.15, 0.2) is 5.78 Å². The van der Waals surface area contributed by atoms with Gasteiger partial charge in [-0.15, -0.1) is 0 Å². The molecule has 0 aliphatic heterocycles. The third-order valence-corrected chi connectivity index (χ3v) is 2.13. The van der Waals surface area contributed by atoms with E-state index in [1.807, 2.05) is 12.2 Å². The Morgan fingerprint density at radius 3 is 2.91 bits per heavy atom. The van der Waals surface area contributed by atoms with Gasteiger partial charge in [0.05, 0.1) is 0 Å². The molecule has 0 fully saturated rings. The van der Waals surface area contributed by atoms with Crippen molar-refractivity contribution >= 4 is 17.4 Å². The molecule has 1 nitrogen and oxygen atoms in total. The predicted octanol–water partition coefficient (Wildman–Crippen LogP) is 2.66. The molecule has 1 rings (SSSR count). The largest absolute Gasteiger partial charge is 0.295 e. The normalized spacial score (nSPS) is 31.6. The molecular weight excluding hydrogens is 160 g/mol. The first-order valence-corrected chi connectivity index (χ1v) is 4.10. The standard InChI is InChI=1S/C9H11ClO/c1-9(6-7-10)4-2-8(11)3-5-9/h2,4,6-7H,3,5H2,1H3/b7-6+. The van der Waals surface area contributed by atoms with Gasteiger partial charge in [-0.25, -0.2) is 0 Å². The Morgan fingerprint density at radius 1 is 1.73 bits per heavy atom. The number of ketones is 1. The molecule has 0 amide bonds. The minimum Gasteiger partial charge on any atom is -0.295 e. The summed E-state index contributed by atoms with van der Waals surface area (Å²) >= 11 is 5.46. The van der Waals surface area contributed by atoms with Crippen molar-refractivity contribution in [2.24, 2.45) is 5.41 Å². The van der Waals surface area contributed by atoms with Crippen LogP contribution in [0.4, 0.5) is 0 Å². The van der Waals surface area contributed by atoms with Gasteiger partial charge in [0.25, 0.3) is 0 Å². The third kappa shape index (κ3) is 2.19. The van der Waals surface area contributed by atoms with Crippen molar-refractivity contribution in [2.75, 3.05) is 0 Å². The summed E-state index contributed by atoms with van der Waals surface area (Å²) in [5.74, 6) is 0.213. The van der Waals surface area contributed by atoms with Crippen LogP contribution >= 0.6 is 11.6 Å². The lowest BCUT2D eigenvalue weighted by molar-refractivity contribution is -0.115. The van der Waals surface area contributed by atoms with Crippen LogP contribution in [0.25, 0.3) is 0 Å². The van der Waals surface area contributed by atoms with Gasteiger partial charge in [-0.2, -0.15) is 0 Å². The van der Waals surface area contributed by atoms with Crippen molar-refractivity contribution in [3.8, 4) is 0 Å². The van der Waals surface area contributed by atoms with E-state index in [0.29, 0.717) is 6.42 Å². The number of hydrogen-bond donors (Lipinski definition) is 0. The van der Waals surface area contributed by atoms with Crippen LogP contribution in [0.1, 0.15) is 19.8 Å². The number of allylic oxidation sites excluding steroid dienone is 3. The molecule has 1 unspecified atom stereocenters. The zero-order chi connectivity index (χ0) is 8.32. The van der Waals surface area contributed by atoms with E-state index in [-0.39, 0.29) is 11.2 Å². The van der Waals surface area contributed by atoms with E-state index in [1.54, 1.807) is 6.08 Å². The molecule has 0 saturated heterocycles. The van der Waals surface area contributed by atoms with Crippen molar-refractivity contribution in [3.05, 3.63) is 23.8 Å². The monoisotopic (exact) mass is 170 g/mol. The average molecular weight is 171 g/mol.